The maximum Gasteiger partial charge on any atom is 0.216 e. The third kappa shape index (κ3) is 3.87. The number of ether oxygens (including phenoxy) is 1. The van der Waals surface area contributed by atoms with Crippen LogP contribution in [0.2, 0.25) is 5.02 Å². The Morgan fingerprint density at radius 3 is 2.72 bits per heavy atom. The molecule has 1 amide bonds. The molecule has 0 fully saturated rings. The van der Waals surface area contributed by atoms with Gasteiger partial charge in [-0.25, -0.2) is 0 Å². The quantitative estimate of drug-likeness (QED) is 0.744. The predicted molar refractivity (Wildman–Crippen MR) is 67.7 cm³/mol. The van der Waals surface area contributed by atoms with Crippen molar-refractivity contribution < 1.29 is 19.7 Å². The number of nitrogens with one attached hydrogen (secondary N) is 1. The lowest BCUT2D eigenvalue weighted by molar-refractivity contribution is -0.119. The molecule has 0 radical (unpaired) electrons. The van der Waals surface area contributed by atoms with Crippen molar-refractivity contribution >= 4 is 17.5 Å². The van der Waals surface area contributed by atoms with Crippen LogP contribution in [0.25, 0.3) is 0 Å². The van der Waals surface area contributed by atoms with E-state index in [1.165, 1.54) is 14.0 Å². The zero-order valence-electron chi connectivity index (χ0n) is 10.2. The second-order valence-electron chi connectivity index (χ2n) is 3.84. The van der Waals surface area contributed by atoms with Gasteiger partial charge in [0.25, 0.3) is 0 Å². The molecule has 0 aromatic heterocycles. The molecule has 18 heavy (non-hydrogen) atoms. The lowest BCUT2D eigenvalue weighted by atomic mass is 10.0. The van der Waals surface area contributed by atoms with Crippen LogP contribution in [0.15, 0.2) is 18.2 Å². The molecule has 0 aliphatic heterocycles. The molecule has 0 heterocycles. The van der Waals surface area contributed by atoms with Crippen molar-refractivity contribution in [1.29, 1.82) is 0 Å². The first-order valence-electron chi connectivity index (χ1n) is 5.39. The Labute approximate surface area is 110 Å². The highest BCUT2D eigenvalue weighted by atomic mass is 35.5. The van der Waals surface area contributed by atoms with Crippen LogP contribution in [0.3, 0.4) is 0 Å². The summed E-state index contributed by atoms with van der Waals surface area (Å²) in [6.45, 7) is 1.30. The third-order valence-corrected chi connectivity index (χ3v) is 2.67. The monoisotopic (exact) mass is 273 g/mol. The number of aliphatic hydroxyl groups excluding tert-OH is 2. The van der Waals surface area contributed by atoms with Gasteiger partial charge in [-0.1, -0.05) is 17.7 Å². The predicted octanol–water partition coefficient (Wildman–Crippen LogP) is 0.879. The van der Waals surface area contributed by atoms with Gasteiger partial charge in [-0.3, -0.25) is 4.79 Å². The van der Waals surface area contributed by atoms with Crippen LogP contribution in [-0.4, -0.2) is 35.9 Å². The van der Waals surface area contributed by atoms with Gasteiger partial charge in [0.1, 0.15) is 18.0 Å². The number of aliphatic hydroxyl groups is 2. The molecule has 6 heteroatoms. The molecule has 2 atom stereocenters. The summed E-state index contributed by atoms with van der Waals surface area (Å²) in [5, 5.41) is 22.6. The second kappa shape index (κ2) is 6.58. The SMILES string of the molecule is COc1cc(Cl)ccc1C(O)C(O)CNC(C)=O. The number of carbonyl (C=O) groups is 1. The van der Waals surface area contributed by atoms with E-state index in [0.29, 0.717) is 16.3 Å². The van der Waals surface area contributed by atoms with Gasteiger partial charge in [-0.2, -0.15) is 0 Å². The number of carbonyl (C=O) groups excluding carboxylic acids is 1. The Morgan fingerprint density at radius 2 is 2.17 bits per heavy atom. The number of hydrogen-bond acceptors (Lipinski definition) is 4. The standard InChI is InChI=1S/C12H16ClNO4/c1-7(15)14-6-10(16)12(17)9-4-3-8(13)5-11(9)18-2/h3-5,10,12,16-17H,6H2,1-2H3,(H,14,15). The van der Waals surface area contributed by atoms with Gasteiger partial charge in [0, 0.05) is 24.1 Å². The normalized spacial score (nSPS) is 13.8. The van der Waals surface area contributed by atoms with Crippen LogP contribution >= 0.6 is 11.6 Å². The minimum atomic E-state index is -1.16. The molecule has 0 saturated carbocycles. The summed E-state index contributed by atoms with van der Waals surface area (Å²) >= 11 is 5.80. The van der Waals surface area contributed by atoms with Gasteiger partial charge < -0.3 is 20.3 Å². The molecule has 100 valence electrons. The lowest BCUT2D eigenvalue weighted by Crippen LogP contribution is -2.34. The van der Waals surface area contributed by atoms with E-state index < -0.39 is 12.2 Å². The van der Waals surface area contributed by atoms with Crippen molar-refractivity contribution in [2.75, 3.05) is 13.7 Å². The number of methoxy groups -OCH3 is 1. The van der Waals surface area contributed by atoms with Crippen LogP contribution in [0.1, 0.15) is 18.6 Å². The minimum Gasteiger partial charge on any atom is -0.496 e. The molecule has 1 rings (SSSR count). The maximum atomic E-state index is 10.7. The molecule has 0 aliphatic rings. The number of hydrogen-bond donors (Lipinski definition) is 3. The van der Waals surface area contributed by atoms with Crippen molar-refractivity contribution in [2.24, 2.45) is 0 Å². The number of benzene rings is 1. The maximum absolute atomic E-state index is 10.7. The molecule has 3 N–H and O–H groups in total. The van der Waals surface area contributed by atoms with Crippen molar-refractivity contribution in [3.63, 3.8) is 0 Å². The van der Waals surface area contributed by atoms with E-state index in [2.05, 4.69) is 5.32 Å². The van der Waals surface area contributed by atoms with Gasteiger partial charge in [-0.15, -0.1) is 0 Å². The van der Waals surface area contributed by atoms with Crippen molar-refractivity contribution in [2.45, 2.75) is 19.1 Å². The van der Waals surface area contributed by atoms with E-state index in [9.17, 15) is 15.0 Å². The highest BCUT2D eigenvalue weighted by Gasteiger charge is 2.22. The lowest BCUT2D eigenvalue weighted by Gasteiger charge is -2.20. The average molecular weight is 274 g/mol. The molecule has 0 aliphatic carbocycles. The number of amides is 1. The summed E-state index contributed by atoms with van der Waals surface area (Å²) in [7, 11) is 1.45. The zero-order chi connectivity index (χ0) is 13.7. The Bertz CT molecular complexity index is 425. The van der Waals surface area contributed by atoms with E-state index in [1.54, 1.807) is 18.2 Å². The molecule has 2 unspecified atom stereocenters. The summed E-state index contributed by atoms with van der Waals surface area (Å²) in [6, 6.07) is 4.71. The van der Waals surface area contributed by atoms with Crippen molar-refractivity contribution in [1.82, 2.24) is 5.32 Å². The fraction of sp³-hybridized carbons (Fsp3) is 0.417. The molecule has 1 aromatic carbocycles. The molecular formula is C12H16ClNO4. The van der Waals surface area contributed by atoms with E-state index in [1.807, 2.05) is 0 Å². The highest BCUT2D eigenvalue weighted by Crippen LogP contribution is 2.29. The summed E-state index contributed by atoms with van der Waals surface area (Å²) in [5.41, 5.74) is 0.416. The van der Waals surface area contributed by atoms with Crippen LogP contribution < -0.4 is 10.1 Å². The van der Waals surface area contributed by atoms with Gasteiger partial charge in [0.15, 0.2) is 0 Å². The Hall–Kier alpha value is -1.30. The first-order chi connectivity index (χ1) is 8.45. The van der Waals surface area contributed by atoms with E-state index >= 15 is 0 Å². The fourth-order valence-corrected chi connectivity index (χ4v) is 1.66. The minimum absolute atomic E-state index is 0.0394. The molecule has 5 nitrogen and oxygen atoms in total. The van der Waals surface area contributed by atoms with Crippen LogP contribution in [0.5, 0.6) is 5.75 Å². The molecule has 1 aromatic rings. The van der Waals surface area contributed by atoms with E-state index in [4.69, 9.17) is 16.3 Å². The first-order valence-corrected chi connectivity index (χ1v) is 5.77. The fourth-order valence-electron chi connectivity index (χ4n) is 1.50. The topological polar surface area (TPSA) is 78.8 Å². The highest BCUT2D eigenvalue weighted by molar-refractivity contribution is 6.30. The average Bonchev–Trinajstić information content (AvgIpc) is 2.34. The summed E-state index contributed by atoms with van der Waals surface area (Å²) < 4.78 is 5.08. The van der Waals surface area contributed by atoms with Crippen molar-refractivity contribution in [3.8, 4) is 5.75 Å². The largest absolute Gasteiger partial charge is 0.496 e. The Kier molecular flexibility index (Phi) is 5.40. The molecule has 0 bridgehead atoms. The molecule has 0 saturated heterocycles. The van der Waals surface area contributed by atoms with Gasteiger partial charge >= 0.3 is 0 Å². The summed E-state index contributed by atoms with van der Waals surface area (Å²) in [4.78, 5) is 10.7. The van der Waals surface area contributed by atoms with Crippen LogP contribution in [0, 0.1) is 0 Å². The number of rotatable bonds is 5. The summed E-state index contributed by atoms with van der Waals surface area (Å²) in [5.74, 6) is 0.112. The van der Waals surface area contributed by atoms with Crippen LogP contribution in [0.4, 0.5) is 0 Å². The first kappa shape index (κ1) is 14.8. The summed E-state index contributed by atoms with van der Waals surface area (Å²) in [6.07, 6.45) is -2.28. The van der Waals surface area contributed by atoms with Gasteiger partial charge in [-0.05, 0) is 12.1 Å². The molecular weight excluding hydrogens is 258 g/mol. The van der Waals surface area contributed by atoms with E-state index in [-0.39, 0.29) is 12.5 Å². The van der Waals surface area contributed by atoms with Crippen LogP contribution in [-0.2, 0) is 4.79 Å². The Morgan fingerprint density at radius 1 is 1.50 bits per heavy atom. The second-order valence-corrected chi connectivity index (χ2v) is 4.27. The molecule has 0 spiro atoms. The van der Waals surface area contributed by atoms with Gasteiger partial charge in [0.05, 0.1) is 7.11 Å². The third-order valence-electron chi connectivity index (χ3n) is 2.44. The van der Waals surface area contributed by atoms with Crippen molar-refractivity contribution in [3.05, 3.63) is 28.8 Å². The zero-order valence-corrected chi connectivity index (χ0v) is 10.9. The Balaban J connectivity index is 2.82. The van der Waals surface area contributed by atoms with E-state index in [0.717, 1.165) is 0 Å². The number of halogens is 1. The van der Waals surface area contributed by atoms with Gasteiger partial charge in [0.2, 0.25) is 5.91 Å². The smallest absolute Gasteiger partial charge is 0.216 e.